The van der Waals surface area contributed by atoms with Gasteiger partial charge >= 0.3 is 0 Å². The summed E-state index contributed by atoms with van der Waals surface area (Å²) >= 11 is 0. The number of carbonyl (C=O) groups is 1. The molecular formula is C23H20N4O3S. The van der Waals surface area contributed by atoms with Gasteiger partial charge in [0.05, 0.1) is 17.6 Å². The normalized spacial score (nSPS) is 14.1. The summed E-state index contributed by atoms with van der Waals surface area (Å²) in [5.41, 5.74) is 10.2. The van der Waals surface area contributed by atoms with Gasteiger partial charge in [0, 0.05) is 29.1 Å². The number of primary amides is 1. The second-order valence-electron chi connectivity index (χ2n) is 7.85. The van der Waals surface area contributed by atoms with Gasteiger partial charge in [-0.25, -0.2) is 18.4 Å². The quantitative estimate of drug-likeness (QED) is 0.520. The maximum absolute atomic E-state index is 12.5. The van der Waals surface area contributed by atoms with E-state index in [9.17, 15) is 13.2 Å². The van der Waals surface area contributed by atoms with Gasteiger partial charge in [0.25, 0.3) is 0 Å². The third-order valence-corrected chi connectivity index (χ3v) is 6.49. The largest absolute Gasteiger partial charge is 0.366 e. The Morgan fingerprint density at radius 1 is 1.10 bits per heavy atom. The summed E-state index contributed by atoms with van der Waals surface area (Å²) in [6.45, 7) is 0. The number of benzene rings is 2. The highest BCUT2D eigenvalue weighted by molar-refractivity contribution is 7.90. The summed E-state index contributed by atoms with van der Waals surface area (Å²) in [7, 11) is -3.61. The van der Waals surface area contributed by atoms with E-state index in [1.54, 1.807) is 22.9 Å². The smallest absolute Gasteiger partial charge is 0.248 e. The van der Waals surface area contributed by atoms with Gasteiger partial charge < -0.3 is 5.73 Å². The minimum absolute atomic E-state index is 0.0729. The number of imidazole rings is 1. The molecule has 4 aromatic rings. The average Bonchev–Trinajstić information content (AvgIpc) is 3.51. The van der Waals surface area contributed by atoms with Gasteiger partial charge in [-0.2, -0.15) is 0 Å². The molecule has 2 aromatic heterocycles. The first-order chi connectivity index (χ1) is 14.8. The first-order valence-corrected chi connectivity index (χ1v) is 11.8. The molecule has 0 saturated heterocycles. The maximum atomic E-state index is 12.5. The average molecular weight is 433 g/mol. The SMILES string of the molecule is CS(=O)(=O)c1nc(-c2ccccc2)cn2c(-c3ccc(C(N)=O)c(C4CC4)c3)cnc12. The van der Waals surface area contributed by atoms with Crippen molar-refractivity contribution in [1.29, 1.82) is 0 Å². The van der Waals surface area contributed by atoms with Crippen LogP contribution in [-0.4, -0.2) is 34.9 Å². The van der Waals surface area contributed by atoms with Crippen LogP contribution in [0.1, 0.15) is 34.7 Å². The Balaban J connectivity index is 1.76. The summed E-state index contributed by atoms with van der Waals surface area (Å²) in [5, 5.41) is -0.0729. The Hall–Kier alpha value is -3.52. The number of nitrogens with two attached hydrogens (primary N) is 1. The topological polar surface area (TPSA) is 107 Å². The minimum Gasteiger partial charge on any atom is -0.366 e. The number of aromatic nitrogens is 3. The fraction of sp³-hybridized carbons (Fsp3) is 0.174. The van der Waals surface area contributed by atoms with Crippen molar-refractivity contribution in [3.63, 3.8) is 0 Å². The second kappa shape index (κ2) is 7.02. The molecule has 1 saturated carbocycles. The molecule has 2 heterocycles. The number of hydrogen-bond donors (Lipinski definition) is 1. The minimum atomic E-state index is -3.61. The highest BCUT2D eigenvalue weighted by atomic mass is 32.2. The van der Waals surface area contributed by atoms with Gasteiger partial charge in [0.1, 0.15) is 0 Å². The molecule has 2 N–H and O–H groups in total. The molecule has 156 valence electrons. The molecule has 1 amide bonds. The third kappa shape index (κ3) is 3.48. The fourth-order valence-corrected chi connectivity index (χ4v) is 4.60. The molecule has 0 spiro atoms. The summed E-state index contributed by atoms with van der Waals surface area (Å²) in [4.78, 5) is 20.6. The van der Waals surface area contributed by atoms with Gasteiger partial charge in [-0.15, -0.1) is 0 Å². The Bertz CT molecular complexity index is 1440. The second-order valence-corrected chi connectivity index (χ2v) is 9.78. The summed E-state index contributed by atoms with van der Waals surface area (Å²) in [6, 6.07) is 14.9. The van der Waals surface area contributed by atoms with E-state index < -0.39 is 15.7 Å². The van der Waals surface area contributed by atoms with Crippen molar-refractivity contribution >= 4 is 21.4 Å². The molecule has 1 fully saturated rings. The molecule has 0 aliphatic heterocycles. The van der Waals surface area contributed by atoms with E-state index in [1.807, 2.05) is 42.5 Å². The lowest BCUT2D eigenvalue weighted by atomic mass is 9.98. The number of hydrogen-bond acceptors (Lipinski definition) is 5. The van der Waals surface area contributed by atoms with E-state index in [1.165, 1.54) is 0 Å². The van der Waals surface area contributed by atoms with Crippen LogP contribution < -0.4 is 5.73 Å². The number of carbonyl (C=O) groups excluding carboxylic acids is 1. The zero-order valence-corrected chi connectivity index (χ0v) is 17.6. The fourth-order valence-electron chi connectivity index (χ4n) is 3.85. The van der Waals surface area contributed by atoms with Crippen LogP contribution in [0, 0.1) is 0 Å². The lowest BCUT2D eigenvalue weighted by molar-refractivity contribution is 0.0999. The van der Waals surface area contributed by atoms with Gasteiger partial charge in [-0.1, -0.05) is 36.4 Å². The predicted molar refractivity (Wildman–Crippen MR) is 117 cm³/mol. The van der Waals surface area contributed by atoms with Crippen molar-refractivity contribution < 1.29 is 13.2 Å². The molecule has 5 rings (SSSR count). The van der Waals surface area contributed by atoms with E-state index in [4.69, 9.17) is 5.73 Å². The molecule has 1 aliphatic carbocycles. The molecular weight excluding hydrogens is 412 g/mol. The number of amides is 1. The molecule has 8 heteroatoms. The van der Waals surface area contributed by atoms with Crippen molar-refractivity contribution in [3.8, 4) is 22.5 Å². The summed E-state index contributed by atoms with van der Waals surface area (Å²) in [6.07, 6.45) is 6.61. The standard InChI is InChI=1S/C23H20N4O3S/c1-31(29,30)23-22-25-12-20(27(22)13-19(26-23)15-5-3-2-4-6-15)16-9-10-17(21(24)28)18(11-16)14-7-8-14/h2-6,9-14H,7-8H2,1H3,(H2,24,28). The van der Waals surface area contributed by atoms with Crippen LogP contribution in [0.15, 0.2) is 66.0 Å². The Morgan fingerprint density at radius 3 is 2.48 bits per heavy atom. The van der Waals surface area contributed by atoms with Crippen LogP contribution in [0.3, 0.4) is 0 Å². The van der Waals surface area contributed by atoms with Gasteiger partial charge in [-0.05, 0) is 36.5 Å². The molecule has 0 bridgehead atoms. The monoisotopic (exact) mass is 432 g/mol. The van der Waals surface area contributed by atoms with E-state index in [-0.39, 0.29) is 10.7 Å². The zero-order chi connectivity index (χ0) is 21.8. The molecule has 1 aliphatic rings. The lowest BCUT2D eigenvalue weighted by Crippen LogP contribution is -2.13. The predicted octanol–water partition coefficient (Wildman–Crippen LogP) is 3.44. The Morgan fingerprint density at radius 2 is 1.84 bits per heavy atom. The van der Waals surface area contributed by atoms with Crippen LogP contribution in [0.4, 0.5) is 0 Å². The summed E-state index contributed by atoms with van der Waals surface area (Å²) in [5.74, 6) is -0.115. The Kier molecular flexibility index (Phi) is 4.40. The number of rotatable bonds is 5. The molecule has 0 unspecified atom stereocenters. The number of fused-ring (bicyclic) bond motifs is 1. The van der Waals surface area contributed by atoms with Crippen LogP contribution in [-0.2, 0) is 9.84 Å². The summed E-state index contributed by atoms with van der Waals surface area (Å²) < 4.78 is 26.7. The lowest BCUT2D eigenvalue weighted by Gasteiger charge is -2.11. The number of nitrogens with zero attached hydrogens (tertiary/aromatic N) is 3. The van der Waals surface area contributed by atoms with E-state index in [2.05, 4.69) is 9.97 Å². The Labute approximate surface area is 179 Å². The first-order valence-electron chi connectivity index (χ1n) is 9.90. The maximum Gasteiger partial charge on any atom is 0.248 e. The first kappa shape index (κ1) is 19.4. The van der Waals surface area contributed by atoms with E-state index in [0.29, 0.717) is 17.2 Å². The third-order valence-electron chi connectivity index (χ3n) is 5.51. The van der Waals surface area contributed by atoms with E-state index >= 15 is 0 Å². The number of sulfone groups is 1. The molecule has 7 nitrogen and oxygen atoms in total. The van der Waals surface area contributed by atoms with Crippen LogP contribution in [0.5, 0.6) is 0 Å². The van der Waals surface area contributed by atoms with Crippen molar-refractivity contribution in [2.45, 2.75) is 23.8 Å². The van der Waals surface area contributed by atoms with Gasteiger partial charge in [0.2, 0.25) is 5.91 Å². The highest BCUT2D eigenvalue weighted by Gasteiger charge is 2.28. The van der Waals surface area contributed by atoms with Gasteiger partial charge in [-0.3, -0.25) is 9.20 Å². The van der Waals surface area contributed by atoms with Crippen molar-refractivity contribution in [1.82, 2.24) is 14.4 Å². The molecule has 31 heavy (non-hydrogen) atoms. The highest BCUT2D eigenvalue weighted by Crippen LogP contribution is 2.43. The van der Waals surface area contributed by atoms with E-state index in [0.717, 1.165) is 41.5 Å². The van der Waals surface area contributed by atoms with Crippen LogP contribution in [0.2, 0.25) is 0 Å². The molecule has 0 radical (unpaired) electrons. The molecule has 2 aromatic carbocycles. The molecule has 0 atom stereocenters. The zero-order valence-electron chi connectivity index (χ0n) is 16.8. The van der Waals surface area contributed by atoms with Gasteiger partial charge in [0.15, 0.2) is 20.5 Å². The van der Waals surface area contributed by atoms with Crippen molar-refractivity contribution in [2.75, 3.05) is 6.26 Å². The van der Waals surface area contributed by atoms with Crippen LogP contribution >= 0.6 is 0 Å². The van der Waals surface area contributed by atoms with Crippen molar-refractivity contribution in [3.05, 3.63) is 72.1 Å². The van der Waals surface area contributed by atoms with Crippen molar-refractivity contribution in [2.24, 2.45) is 5.73 Å². The van der Waals surface area contributed by atoms with Crippen LogP contribution in [0.25, 0.3) is 28.2 Å².